The molecule has 3 heteroatoms. The minimum Gasteiger partial charge on any atom is -0.390 e. The third kappa shape index (κ3) is 5.47. The summed E-state index contributed by atoms with van der Waals surface area (Å²) < 4.78 is 0. The normalized spacial score (nSPS) is 30.7. The lowest BCUT2D eigenvalue weighted by Crippen LogP contribution is -2.48. The third-order valence-corrected chi connectivity index (χ3v) is 7.01. The Kier molecular flexibility index (Phi) is 7.05. The highest BCUT2D eigenvalue weighted by atomic mass is 35.5. The Hall–Kier alpha value is -0.570. The summed E-state index contributed by atoms with van der Waals surface area (Å²) in [5.41, 5.74) is 0.920. The second kappa shape index (κ2) is 9.08. The smallest absolute Gasteiger partial charge is 0.0690 e. The SMILES string of the molecule is CN(C)CC1CC(Cc2ccc(Cl)cc2)CCC1(O)CC1CCCCC1. The summed E-state index contributed by atoms with van der Waals surface area (Å²) >= 11 is 6.03. The largest absolute Gasteiger partial charge is 0.390 e. The molecule has 0 heterocycles. The maximum atomic E-state index is 11.6. The summed E-state index contributed by atoms with van der Waals surface area (Å²) in [6.45, 7) is 1.00. The maximum Gasteiger partial charge on any atom is 0.0690 e. The van der Waals surface area contributed by atoms with Gasteiger partial charge in [0, 0.05) is 17.5 Å². The molecule has 0 aromatic heterocycles. The minimum absolute atomic E-state index is 0.394. The molecule has 0 amide bonds. The van der Waals surface area contributed by atoms with E-state index in [1.165, 1.54) is 37.7 Å². The molecule has 2 saturated carbocycles. The van der Waals surface area contributed by atoms with E-state index < -0.39 is 5.60 Å². The molecule has 3 atom stereocenters. The van der Waals surface area contributed by atoms with E-state index >= 15 is 0 Å². The molecule has 2 aliphatic rings. The molecule has 26 heavy (non-hydrogen) atoms. The first-order chi connectivity index (χ1) is 12.4. The summed E-state index contributed by atoms with van der Waals surface area (Å²) in [6.07, 6.45) is 12.2. The Morgan fingerprint density at radius 1 is 1.04 bits per heavy atom. The summed E-state index contributed by atoms with van der Waals surface area (Å²) in [6, 6.07) is 8.31. The van der Waals surface area contributed by atoms with E-state index in [0.717, 1.165) is 49.6 Å². The number of halogens is 1. The van der Waals surface area contributed by atoms with Crippen molar-refractivity contribution >= 4 is 11.6 Å². The number of nitrogens with zero attached hydrogens (tertiary/aromatic N) is 1. The fourth-order valence-electron chi connectivity index (χ4n) is 5.38. The highest BCUT2D eigenvalue weighted by molar-refractivity contribution is 6.30. The maximum absolute atomic E-state index is 11.6. The monoisotopic (exact) mass is 377 g/mol. The molecule has 0 saturated heterocycles. The zero-order valence-corrected chi connectivity index (χ0v) is 17.3. The topological polar surface area (TPSA) is 23.5 Å². The van der Waals surface area contributed by atoms with E-state index in [1.54, 1.807) is 0 Å². The van der Waals surface area contributed by atoms with Crippen LogP contribution in [0.4, 0.5) is 0 Å². The van der Waals surface area contributed by atoms with Gasteiger partial charge in [0.2, 0.25) is 0 Å². The highest BCUT2D eigenvalue weighted by Crippen LogP contribution is 2.44. The van der Waals surface area contributed by atoms with Crippen LogP contribution in [-0.2, 0) is 6.42 Å². The third-order valence-electron chi connectivity index (χ3n) is 6.75. The van der Waals surface area contributed by atoms with E-state index in [0.29, 0.717) is 11.8 Å². The van der Waals surface area contributed by atoms with Gasteiger partial charge in [0.15, 0.2) is 0 Å². The molecule has 3 unspecified atom stereocenters. The average Bonchev–Trinajstić information content (AvgIpc) is 2.61. The Bertz CT molecular complexity index is 552. The second-order valence-corrected chi connectivity index (χ2v) is 9.68. The summed E-state index contributed by atoms with van der Waals surface area (Å²) in [7, 11) is 4.29. The summed E-state index contributed by atoms with van der Waals surface area (Å²) in [5.74, 6) is 1.81. The van der Waals surface area contributed by atoms with Gasteiger partial charge in [0.1, 0.15) is 0 Å². The predicted molar refractivity (Wildman–Crippen MR) is 111 cm³/mol. The van der Waals surface area contributed by atoms with Crippen molar-refractivity contribution in [2.45, 2.75) is 69.8 Å². The van der Waals surface area contributed by atoms with Crippen LogP contribution in [0, 0.1) is 17.8 Å². The standard InChI is InChI=1S/C23H36ClNO/c1-25(2)17-21-15-20(14-18-8-10-22(24)11-9-18)12-13-23(21,26)16-19-6-4-3-5-7-19/h8-11,19-21,26H,3-7,12-17H2,1-2H3. The van der Waals surface area contributed by atoms with Crippen LogP contribution in [0.1, 0.15) is 63.4 Å². The van der Waals surface area contributed by atoms with Crippen molar-refractivity contribution in [3.05, 3.63) is 34.9 Å². The molecule has 1 aromatic carbocycles. The molecule has 1 aromatic rings. The first kappa shape index (κ1) is 20.2. The van der Waals surface area contributed by atoms with Crippen molar-refractivity contribution in [1.29, 1.82) is 0 Å². The summed E-state index contributed by atoms with van der Waals surface area (Å²) in [5, 5.41) is 12.4. The van der Waals surface area contributed by atoms with Crippen molar-refractivity contribution in [1.82, 2.24) is 4.90 Å². The van der Waals surface area contributed by atoms with Gasteiger partial charge in [-0.3, -0.25) is 0 Å². The molecule has 0 aliphatic heterocycles. The molecule has 146 valence electrons. The van der Waals surface area contributed by atoms with E-state index in [4.69, 9.17) is 11.6 Å². The lowest BCUT2D eigenvalue weighted by molar-refractivity contribution is -0.0872. The molecule has 0 radical (unpaired) electrons. The van der Waals surface area contributed by atoms with Crippen LogP contribution in [0.3, 0.4) is 0 Å². The quantitative estimate of drug-likeness (QED) is 0.701. The van der Waals surface area contributed by atoms with E-state index in [9.17, 15) is 5.11 Å². The van der Waals surface area contributed by atoms with Gasteiger partial charge in [0.25, 0.3) is 0 Å². The number of hydrogen-bond acceptors (Lipinski definition) is 2. The van der Waals surface area contributed by atoms with Gasteiger partial charge >= 0.3 is 0 Å². The van der Waals surface area contributed by atoms with Gasteiger partial charge in [-0.2, -0.15) is 0 Å². The zero-order chi connectivity index (χ0) is 18.6. The van der Waals surface area contributed by atoms with Crippen LogP contribution in [0.2, 0.25) is 5.02 Å². The Morgan fingerprint density at radius 3 is 2.38 bits per heavy atom. The molecule has 0 bridgehead atoms. The molecule has 2 nitrogen and oxygen atoms in total. The Balaban J connectivity index is 1.64. The molecule has 2 aliphatic carbocycles. The number of hydrogen-bond donors (Lipinski definition) is 1. The lowest BCUT2D eigenvalue weighted by Gasteiger charge is -2.46. The van der Waals surface area contributed by atoms with Crippen molar-refractivity contribution in [2.75, 3.05) is 20.6 Å². The van der Waals surface area contributed by atoms with Crippen molar-refractivity contribution < 1.29 is 5.11 Å². The molecule has 2 fully saturated rings. The van der Waals surface area contributed by atoms with Crippen LogP contribution in [0.5, 0.6) is 0 Å². The first-order valence-corrected chi connectivity index (χ1v) is 10.9. The van der Waals surface area contributed by atoms with Crippen LogP contribution >= 0.6 is 11.6 Å². The van der Waals surface area contributed by atoms with Crippen LogP contribution in [0.25, 0.3) is 0 Å². The van der Waals surface area contributed by atoms with E-state index in [2.05, 4.69) is 31.1 Å². The Labute approximate surface area is 164 Å². The van der Waals surface area contributed by atoms with Crippen LogP contribution in [0.15, 0.2) is 24.3 Å². The first-order valence-electron chi connectivity index (χ1n) is 10.6. The average molecular weight is 378 g/mol. The number of benzene rings is 1. The van der Waals surface area contributed by atoms with Crippen molar-refractivity contribution in [2.24, 2.45) is 17.8 Å². The lowest BCUT2D eigenvalue weighted by atomic mass is 9.65. The van der Waals surface area contributed by atoms with Crippen LogP contribution < -0.4 is 0 Å². The fraction of sp³-hybridized carbons (Fsp3) is 0.739. The second-order valence-electron chi connectivity index (χ2n) is 9.24. The molecule has 0 spiro atoms. The van der Waals surface area contributed by atoms with Gasteiger partial charge < -0.3 is 10.0 Å². The highest BCUT2D eigenvalue weighted by Gasteiger charge is 2.43. The van der Waals surface area contributed by atoms with E-state index in [-0.39, 0.29) is 0 Å². The molecule has 1 N–H and O–H groups in total. The number of aliphatic hydroxyl groups is 1. The van der Waals surface area contributed by atoms with Gasteiger partial charge in [-0.25, -0.2) is 0 Å². The Morgan fingerprint density at radius 2 is 1.73 bits per heavy atom. The predicted octanol–water partition coefficient (Wildman–Crippen LogP) is 5.56. The van der Waals surface area contributed by atoms with Gasteiger partial charge in [-0.15, -0.1) is 0 Å². The van der Waals surface area contributed by atoms with Gasteiger partial charge in [-0.1, -0.05) is 55.8 Å². The van der Waals surface area contributed by atoms with E-state index in [1.807, 2.05) is 12.1 Å². The van der Waals surface area contributed by atoms with Crippen molar-refractivity contribution in [3.8, 4) is 0 Å². The number of rotatable bonds is 6. The van der Waals surface area contributed by atoms with Crippen LogP contribution in [-0.4, -0.2) is 36.2 Å². The molecular weight excluding hydrogens is 342 g/mol. The van der Waals surface area contributed by atoms with Gasteiger partial charge in [0.05, 0.1) is 5.60 Å². The zero-order valence-electron chi connectivity index (χ0n) is 16.6. The molecular formula is C23H36ClNO. The minimum atomic E-state index is -0.456. The molecule has 3 rings (SSSR count). The van der Waals surface area contributed by atoms with Crippen molar-refractivity contribution in [3.63, 3.8) is 0 Å². The fourth-order valence-corrected chi connectivity index (χ4v) is 5.51. The summed E-state index contributed by atoms with van der Waals surface area (Å²) in [4.78, 5) is 2.27. The van der Waals surface area contributed by atoms with Gasteiger partial charge in [-0.05, 0) is 75.7 Å².